The van der Waals surface area contributed by atoms with Crippen LogP contribution in [0.2, 0.25) is 0 Å². The first kappa shape index (κ1) is 44.9. The summed E-state index contributed by atoms with van der Waals surface area (Å²) in [4.78, 5) is 38.5. The SMILES string of the molecule is CCCCCCCC(Br)CCC(=O)OCC(COC(=O)CCC(Br)CCCCCCC)OC(=O)CCC(Br)CCCCCCC. The molecule has 0 rings (SSSR count). The summed E-state index contributed by atoms with van der Waals surface area (Å²) in [5.41, 5.74) is 0. The van der Waals surface area contributed by atoms with Crippen LogP contribution >= 0.6 is 47.8 Å². The molecule has 45 heavy (non-hydrogen) atoms. The van der Waals surface area contributed by atoms with Gasteiger partial charge in [-0.25, -0.2) is 0 Å². The van der Waals surface area contributed by atoms with Gasteiger partial charge < -0.3 is 14.2 Å². The number of halogens is 3. The third-order valence-corrected chi connectivity index (χ3v) is 10.8. The molecule has 0 amide bonds. The highest BCUT2D eigenvalue weighted by Crippen LogP contribution is 2.20. The molecule has 0 aliphatic carbocycles. The van der Waals surface area contributed by atoms with E-state index in [9.17, 15) is 14.4 Å². The predicted molar refractivity (Wildman–Crippen MR) is 198 cm³/mol. The Bertz CT molecular complexity index is 683. The van der Waals surface area contributed by atoms with E-state index in [1.807, 2.05) is 0 Å². The van der Waals surface area contributed by atoms with Crippen LogP contribution in [0.5, 0.6) is 0 Å². The van der Waals surface area contributed by atoms with Crippen LogP contribution in [-0.2, 0) is 28.6 Å². The lowest BCUT2D eigenvalue weighted by Crippen LogP contribution is -2.31. The van der Waals surface area contributed by atoms with Gasteiger partial charge in [-0.2, -0.15) is 0 Å². The van der Waals surface area contributed by atoms with Gasteiger partial charge in [0.2, 0.25) is 0 Å². The van der Waals surface area contributed by atoms with Gasteiger partial charge in [0.1, 0.15) is 13.2 Å². The molecule has 3 unspecified atom stereocenters. The van der Waals surface area contributed by atoms with E-state index < -0.39 is 6.10 Å². The smallest absolute Gasteiger partial charge is 0.306 e. The number of esters is 3. The quantitative estimate of drug-likeness (QED) is 0.0291. The molecule has 0 fully saturated rings. The number of carbonyl (C=O) groups excluding carboxylic acids is 3. The van der Waals surface area contributed by atoms with Crippen LogP contribution in [0.1, 0.15) is 175 Å². The van der Waals surface area contributed by atoms with E-state index in [1.54, 1.807) is 0 Å². The molecule has 0 N–H and O–H groups in total. The highest BCUT2D eigenvalue weighted by Gasteiger charge is 2.21. The monoisotopic (exact) mass is 830 g/mol. The summed E-state index contributed by atoms with van der Waals surface area (Å²) in [6, 6.07) is 0. The van der Waals surface area contributed by atoms with Crippen LogP contribution in [-0.4, -0.2) is 51.7 Å². The molecular weight excluding hydrogens is 768 g/mol. The summed E-state index contributed by atoms with van der Waals surface area (Å²) in [6.45, 7) is 6.40. The van der Waals surface area contributed by atoms with Crippen molar-refractivity contribution >= 4 is 65.7 Å². The molecule has 0 aromatic carbocycles. The van der Waals surface area contributed by atoms with Crippen LogP contribution in [0.25, 0.3) is 0 Å². The number of rotatable bonds is 32. The number of hydrogen-bond donors (Lipinski definition) is 0. The topological polar surface area (TPSA) is 78.9 Å². The van der Waals surface area contributed by atoms with Crippen molar-refractivity contribution in [2.75, 3.05) is 13.2 Å². The molecule has 0 aromatic rings. The molecule has 0 saturated heterocycles. The fourth-order valence-corrected chi connectivity index (χ4v) is 6.70. The average Bonchev–Trinajstić information content (AvgIpc) is 3.02. The van der Waals surface area contributed by atoms with E-state index in [2.05, 4.69) is 68.6 Å². The van der Waals surface area contributed by atoms with E-state index in [-0.39, 0.29) is 52.0 Å². The maximum atomic E-state index is 12.7. The largest absolute Gasteiger partial charge is 0.462 e. The van der Waals surface area contributed by atoms with Crippen molar-refractivity contribution in [1.29, 1.82) is 0 Å². The van der Waals surface area contributed by atoms with Crippen molar-refractivity contribution in [3.63, 3.8) is 0 Å². The minimum Gasteiger partial charge on any atom is -0.462 e. The zero-order valence-corrected chi connectivity index (χ0v) is 33.5. The summed E-state index contributed by atoms with van der Waals surface area (Å²) in [5.74, 6) is -1.03. The first-order valence-electron chi connectivity index (χ1n) is 18.1. The Morgan fingerprint density at radius 2 is 0.756 bits per heavy atom. The van der Waals surface area contributed by atoms with Gasteiger partial charge in [0.25, 0.3) is 0 Å². The van der Waals surface area contributed by atoms with Crippen LogP contribution < -0.4 is 0 Å². The van der Waals surface area contributed by atoms with Crippen molar-refractivity contribution in [3.8, 4) is 0 Å². The molecule has 0 aliphatic rings. The molecule has 0 spiro atoms. The third kappa shape index (κ3) is 30.9. The lowest BCUT2D eigenvalue weighted by atomic mass is 10.1. The number of ether oxygens (including phenoxy) is 3. The number of alkyl halides is 3. The van der Waals surface area contributed by atoms with Gasteiger partial charge in [-0.15, -0.1) is 0 Å². The second kappa shape index (κ2) is 32.4. The fraction of sp³-hybridized carbons (Fsp3) is 0.917. The first-order chi connectivity index (χ1) is 21.7. The molecule has 9 heteroatoms. The number of unbranched alkanes of at least 4 members (excludes halogenated alkanes) is 12. The van der Waals surface area contributed by atoms with Gasteiger partial charge in [-0.05, 0) is 38.5 Å². The van der Waals surface area contributed by atoms with Crippen LogP contribution in [0, 0.1) is 0 Å². The van der Waals surface area contributed by atoms with Crippen molar-refractivity contribution in [3.05, 3.63) is 0 Å². The molecule has 0 saturated carbocycles. The first-order valence-corrected chi connectivity index (χ1v) is 20.9. The van der Waals surface area contributed by atoms with Crippen molar-refractivity contribution in [1.82, 2.24) is 0 Å². The molecule has 0 radical (unpaired) electrons. The van der Waals surface area contributed by atoms with Gasteiger partial charge in [0.15, 0.2) is 6.10 Å². The fourth-order valence-electron chi connectivity index (χ4n) is 5.04. The van der Waals surface area contributed by atoms with Gasteiger partial charge in [0, 0.05) is 33.7 Å². The summed E-state index contributed by atoms with van der Waals surface area (Å²) < 4.78 is 16.6. The Morgan fingerprint density at radius 1 is 0.444 bits per heavy atom. The van der Waals surface area contributed by atoms with Crippen molar-refractivity contribution in [2.24, 2.45) is 0 Å². The summed E-state index contributed by atoms with van der Waals surface area (Å²) in [7, 11) is 0. The molecule has 0 aliphatic heterocycles. The molecular formula is C36H65Br3O6. The van der Waals surface area contributed by atoms with Gasteiger partial charge in [-0.3, -0.25) is 14.4 Å². The lowest BCUT2D eigenvalue weighted by Gasteiger charge is -2.19. The minimum absolute atomic E-state index is 0.115. The Hall–Kier alpha value is -0.150. The lowest BCUT2D eigenvalue weighted by molar-refractivity contribution is -0.167. The summed E-state index contributed by atoms with van der Waals surface area (Å²) in [6.07, 6.45) is 23.5. The Balaban J connectivity index is 4.66. The Labute approximate surface area is 301 Å². The Morgan fingerprint density at radius 3 is 1.09 bits per heavy atom. The minimum atomic E-state index is -0.815. The zero-order chi connectivity index (χ0) is 33.5. The highest BCUT2D eigenvalue weighted by molar-refractivity contribution is 9.10. The zero-order valence-electron chi connectivity index (χ0n) is 28.8. The molecule has 0 heterocycles. The molecule has 6 nitrogen and oxygen atoms in total. The second-order valence-electron chi connectivity index (χ2n) is 12.5. The van der Waals surface area contributed by atoms with E-state index in [0.717, 1.165) is 38.5 Å². The van der Waals surface area contributed by atoms with Crippen LogP contribution in [0.4, 0.5) is 0 Å². The normalized spacial score (nSPS) is 14.0. The maximum absolute atomic E-state index is 12.7. The van der Waals surface area contributed by atoms with Crippen LogP contribution in [0.3, 0.4) is 0 Å². The predicted octanol–water partition coefficient (Wildman–Crippen LogP) is 11.7. The third-order valence-electron chi connectivity index (χ3n) is 8.01. The standard InChI is InChI=1S/C36H65Br3O6/c1-4-7-10-13-16-19-30(37)22-25-34(40)43-28-33(45-36(42)27-24-32(39)21-18-15-12-9-6-3)29-44-35(41)26-23-31(38)20-17-14-11-8-5-2/h30-33H,4-29H2,1-3H3. The molecule has 0 aromatic heterocycles. The highest BCUT2D eigenvalue weighted by atomic mass is 79.9. The summed E-state index contributed by atoms with van der Waals surface area (Å²) >= 11 is 11.1. The number of carbonyl (C=O) groups is 3. The number of hydrogen-bond acceptors (Lipinski definition) is 6. The molecule has 0 bridgehead atoms. The van der Waals surface area contributed by atoms with E-state index in [0.29, 0.717) is 32.1 Å². The van der Waals surface area contributed by atoms with Gasteiger partial charge in [0.05, 0.1) is 0 Å². The molecule has 3 atom stereocenters. The van der Waals surface area contributed by atoms with E-state index in [1.165, 1.54) is 77.0 Å². The van der Waals surface area contributed by atoms with Gasteiger partial charge >= 0.3 is 17.9 Å². The maximum Gasteiger partial charge on any atom is 0.306 e. The summed E-state index contributed by atoms with van der Waals surface area (Å²) in [5, 5.41) is 0. The second-order valence-corrected chi connectivity index (χ2v) is 16.4. The van der Waals surface area contributed by atoms with E-state index >= 15 is 0 Å². The average molecular weight is 834 g/mol. The molecule has 266 valence electrons. The Kier molecular flexibility index (Phi) is 32.3. The van der Waals surface area contributed by atoms with Crippen molar-refractivity contribution in [2.45, 2.75) is 195 Å². The van der Waals surface area contributed by atoms with Crippen molar-refractivity contribution < 1.29 is 28.6 Å². The van der Waals surface area contributed by atoms with E-state index in [4.69, 9.17) is 14.2 Å². The van der Waals surface area contributed by atoms with Crippen LogP contribution in [0.15, 0.2) is 0 Å². The van der Waals surface area contributed by atoms with Gasteiger partial charge in [-0.1, -0.05) is 165 Å².